The van der Waals surface area contributed by atoms with Crippen molar-refractivity contribution in [1.82, 2.24) is 15.3 Å². The van der Waals surface area contributed by atoms with E-state index in [1.807, 2.05) is 19.1 Å². The number of nitrogens with one attached hydrogen (secondary N) is 1. The second kappa shape index (κ2) is 5.69. The van der Waals surface area contributed by atoms with Crippen LogP contribution in [0.5, 0.6) is 0 Å². The van der Waals surface area contributed by atoms with Crippen LogP contribution in [0.1, 0.15) is 37.2 Å². The van der Waals surface area contributed by atoms with Crippen LogP contribution < -0.4 is 5.32 Å². The van der Waals surface area contributed by atoms with E-state index >= 15 is 0 Å². The second-order valence-corrected chi connectivity index (χ2v) is 4.29. The molecule has 0 aliphatic carbocycles. The maximum absolute atomic E-state index is 12.8. The molecule has 0 saturated carbocycles. The fourth-order valence-electron chi connectivity index (χ4n) is 1.85. The van der Waals surface area contributed by atoms with E-state index in [4.69, 9.17) is 0 Å². The minimum absolute atomic E-state index is 0.0637. The van der Waals surface area contributed by atoms with E-state index in [1.54, 1.807) is 18.5 Å². The highest BCUT2D eigenvalue weighted by molar-refractivity contribution is 5.16. The number of hydrogen-bond donors (Lipinski definition) is 1. The third-order valence-electron chi connectivity index (χ3n) is 2.90. The minimum Gasteiger partial charge on any atom is -0.302 e. The summed E-state index contributed by atoms with van der Waals surface area (Å²) in [5.74, 6) is -0.312. The van der Waals surface area contributed by atoms with Crippen LogP contribution >= 0.6 is 0 Å². The van der Waals surface area contributed by atoms with Crippen molar-refractivity contribution in [3.05, 3.63) is 59.9 Å². The van der Waals surface area contributed by atoms with Gasteiger partial charge in [-0.1, -0.05) is 0 Å². The van der Waals surface area contributed by atoms with Crippen LogP contribution in [0.25, 0.3) is 0 Å². The van der Waals surface area contributed by atoms with Gasteiger partial charge in [0.25, 0.3) is 0 Å². The summed E-state index contributed by atoms with van der Waals surface area (Å²) in [5, 5.41) is 3.42. The molecule has 0 aliphatic heterocycles. The largest absolute Gasteiger partial charge is 0.302 e. The number of rotatable bonds is 4. The van der Waals surface area contributed by atoms with Gasteiger partial charge in [-0.15, -0.1) is 0 Å². The highest BCUT2D eigenvalue weighted by Gasteiger charge is 2.11. The molecule has 0 amide bonds. The summed E-state index contributed by atoms with van der Waals surface area (Å²) in [5.41, 5.74) is 2.00. The van der Waals surface area contributed by atoms with Gasteiger partial charge >= 0.3 is 0 Å². The van der Waals surface area contributed by atoms with Gasteiger partial charge in [0.1, 0.15) is 5.82 Å². The predicted molar refractivity (Wildman–Crippen MR) is 68.4 cm³/mol. The van der Waals surface area contributed by atoms with E-state index in [0.717, 1.165) is 5.69 Å². The lowest BCUT2D eigenvalue weighted by Gasteiger charge is -2.19. The molecule has 2 heterocycles. The van der Waals surface area contributed by atoms with Gasteiger partial charge in [0.15, 0.2) is 0 Å². The molecule has 0 aromatic carbocycles. The van der Waals surface area contributed by atoms with E-state index in [1.165, 1.54) is 17.8 Å². The van der Waals surface area contributed by atoms with Crippen molar-refractivity contribution in [3.63, 3.8) is 0 Å². The molecule has 2 aromatic rings. The number of nitrogens with zero attached hydrogens (tertiary/aromatic N) is 2. The molecule has 2 rings (SSSR count). The summed E-state index contributed by atoms with van der Waals surface area (Å²) in [6, 6.07) is 7.33. The van der Waals surface area contributed by atoms with E-state index in [-0.39, 0.29) is 17.9 Å². The molecule has 0 fully saturated rings. The summed E-state index contributed by atoms with van der Waals surface area (Å²) in [6.45, 7) is 4.09. The van der Waals surface area contributed by atoms with Crippen molar-refractivity contribution >= 4 is 0 Å². The van der Waals surface area contributed by atoms with Crippen LogP contribution in [0.4, 0.5) is 4.39 Å². The highest BCUT2D eigenvalue weighted by atomic mass is 19.1. The first-order valence-electron chi connectivity index (χ1n) is 5.94. The number of halogens is 1. The van der Waals surface area contributed by atoms with Crippen molar-refractivity contribution in [1.29, 1.82) is 0 Å². The Kier molecular flexibility index (Phi) is 3.99. The molecule has 3 nitrogen and oxygen atoms in total. The van der Waals surface area contributed by atoms with E-state index in [2.05, 4.69) is 22.2 Å². The molecule has 1 unspecified atom stereocenters. The Morgan fingerprint density at radius 3 is 2.39 bits per heavy atom. The molecule has 0 aliphatic rings. The second-order valence-electron chi connectivity index (χ2n) is 4.29. The average Bonchev–Trinajstić information content (AvgIpc) is 2.40. The average molecular weight is 245 g/mol. The zero-order valence-electron chi connectivity index (χ0n) is 10.5. The molecule has 1 N–H and O–H groups in total. The number of hydrogen-bond acceptors (Lipinski definition) is 3. The molecule has 2 aromatic heterocycles. The van der Waals surface area contributed by atoms with Gasteiger partial charge in [-0.3, -0.25) is 9.97 Å². The lowest BCUT2D eigenvalue weighted by molar-refractivity contribution is 0.484. The fraction of sp³-hybridized carbons (Fsp3) is 0.286. The fourth-order valence-corrected chi connectivity index (χ4v) is 1.85. The van der Waals surface area contributed by atoms with Crippen molar-refractivity contribution in [2.75, 3.05) is 0 Å². The summed E-state index contributed by atoms with van der Waals surface area (Å²) in [7, 11) is 0. The van der Waals surface area contributed by atoms with Crippen LogP contribution in [-0.2, 0) is 0 Å². The number of aromatic nitrogens is 2. The summed E-state index contributed by atoms with van der Waals surface area (Å²) >= 11 is 0. The normalized spacial score (nSPS) is 14.2. The molecule has 4 heteroatoms. The van der Waals surface area contributed by atoms with Gasteiger partial charge in [0.05, 0.1) is 11.9 Å². The predicted octanol–water partition coefficient (Wildman–Crippen LogP) is 3.03. The van der Waals surface area contributed by atoms with Gasteiger partial charge in [-0.05, 0) is 43.7 Å². The number of pyridine rings is 2. The van der Waals surface area contributed by atoms with Gasteiger partial charge in [0, 0.05) is 24.5 Å². The third kappa shape index (κ3) is 3.11. The summed E-state index contributed by atoms with van der Waals surface area (Å²) in [6.07, 6.45) is 4.78. The Balaban J connectivity index is 2.03. The first-order chi connectivity index (χ1) is 8.66. The van der Waals surface area contributed by atoms with Crippen molar-refractivity contribution in [3.8, 4) is 0 Å². The Labute approximate surface area is 106 Å². The molecule has 18 heavy (non-hydrogen) atoms. The topological polar surface area (TPSA) is 37.8 Å². The van der Waals surface area contributed by atoms with Crippen molar-refractivity contribution < 1.29 is 4.39 Å². The highest BCUT2D eigenvalue weighted by Crippen LogP contribution is 2.17. The first kappa shape index (κ1) is 12.6. The van der Waals surface area contributed by atoms with Gasteiger partial charge < -0.3 is 5.32 Å². The monoisotopic (exact) mass is 245 g/mol. The Morgan fingerprint density at radius 1 is 1.06 bits per heavy atom. The molecule has 2 atom stereocenters. The molecule has 0 spiro atoms. The zero-order valence-corrected chi connectivity index (χ0v) is 10.5. The Morgan fingerprint density at radius 2 is 1.78 bits per heavy atom. The van der Waals surface area contributed by atoms with Crippen molar-refractivity contribution in [2.45, 2.75) is 25.9 Å². The standard InChI is InChI=1S/C14H16FN3/c1-10(12-5-7-16-8-6-12)18-11(2)14-4-3-13(15)9-17-14/h3-11,18H,1-2H3/t10-,11?/m1/s1. The van der Waals surface area contributed by atoms with E-state index < -0.39 is 0 Å². The smallest absolute Gasteiger partial charge is 0.141 e. The Bertz CT molecular complexity index is 484. The molecular formula is C14H16FN3. The van der Waals surface area contributed by atoms with Gasteiger partial charge in [-0.25, -0.2) is 4.39 Å². The van der Waals surface area contributed by atoms with Crippen LogP contribution in [0.3, 0.4) is 0 Å². The zero-order chi connectivity index (χ0) is 13.0. The molecule has 0 saturated heterocycles. The van der Waals surface area contributed by atoms with Crippen LogP contribution in [-0.4, -0.2) is 9.97 Å². The van der Waals surface area contributed by atoms with E-state index in [0.29, 0.717) is 0 Å². The maximum Gasteiger partial charge on any atom is 0.141 e. The van der Waals surface area contributed by atoms with E-state index in [9.17, 15) is 4.39 Å². The van der Waals surface area contributed by atoms with Crippen molar-refractivity contribution in [2.24, 2.45) is 0 Å². The SMILES string of the molecule is CC(N[C@H](C)c1ccncc1)c1ccc(F)cn1. The minimum atomic E-state index is -0.312. The van der Waals surface area contributed by atoms with Gasteiger partial charge in [-0.2, -0.15) is 0 Å². The molecular weight excluding hydrogens is 229 g/mol. The van der Waals surface area contributed by atoms with Gasteiger partial charge in [0.2, 0.25) is 0 Å². The quantitative estimate of drug-likeness (QED) is 0.899. The lowest BCUT2D eigenvalue weighted by Crippen LogP contribution is -2.23. The first-order valence-corrected chi connectivity index (χ1v) is 5.94. The lowest BCUT2D eigenvalue weighted by atomic mass is 10.1. The Hall–Kier alpha value is -1.81. The summed E-state index contributed by atoms with van der Waals surface area (Å²) < 4.78 is 12.8. The summed E-state index contributed by atoms with van der Waals surface area (Å²) in [4.78, 5) is 8.07. The molecule has 94 valence electrons. The maximum atomic E-state index is 12.8. The molecule has 0 bridgehead atoms. The van der Waals surface area contributed by atoms with Crippen LogP contribution in [0.2, 0.25) is 0 Å². The third-order valence-corrected chi connectivity index (χ3v) is 2.90. The van der Waals surface area contributed by atoms with Crippen LogP contribution in [0.15, 0.2) is 42.9 Å². The molecule has 0 radical (unpaired) electrons. The van der Waals surface area contributed by atoms with Crippen LogP contribution in [0, 0.1) is 5.82 Å².